The molecule has 2 N–H and O–H groups in total. The summed E-state index contributed by atoms with van der Waals surface area (Å²) in [7, 11) is 1.43. The third-order valence-electron chi connectivity index (χ3n) is 2.44. The van der Waals surface area contributed by atoms with Crippen LogP contribution >= 0.6 is 11.6 Å². The molecule has 1 saturated heterocycles. The van der Waals surface area contributed by atoms with Crippen molar-refractivity contribution in [2.75, 3.05) is 20.1 Å². The molecule has 0 aromatic heterocycles. The van der Waals surface area contributed by atoms with Crippen molar-refractivity contribution in [3.8, 4) is 0 Å². The maximum Gasteiger partial charge on any atom is 0.264 e. The lowest BCUT2D eigenvalue weighted by atomic mass is 10.3. The Kier molecular flexibility index (Phi) is 4.96. The molecular weight excluding hydrogens is 246 g/mol. The number of likely N-dealkylation sites (tertiary alicyclic amines) is 1. The van der Waals surface area contributed by atoms with Crippen molar-refractivity contribution in [2.45, 2.75) is 12.8 Å². The topological polar surface area (TPSA) is 78.5 Å². The molecule has 0 aromatic rings. The molecule has 0 aliphatic carbocycles. The second-order valence-corrected chi connectivity index (χ2v) is 3.93. The smallest absolute Gasteiger partial charge is 0.264 e. The number of halogens is 1. The van der Waals surface area contributed by atoms with Crippen LogP contribution in [0.3, 0.4) is 0 Å². The standard InChI is InChI=1S/C10H14ClN3O3/c1-12-10(17)9(11)7(13-6-15)5-14-4-2-3-8(14)16/h6H,2-5H2,1H3,(H,12,17)(H,13,15)/b9-7+. The van der Waals surface area contributed by atoms with Gasteiger partial charge in [-0.05, 0) is 6.42 Å². The van der Waals surface area contributed by atoms with E-state index in [1.165, 1.54) is 7.05 Å². The first kappa shape index (κ1) is 13.5. The van der Waals surface area contributed by atoms with E-state index in [1.807, 2.05) is 0 Å². The van der Waals surface area contributed by atoms with Gasteiger partial charge >= 0.3 is 0 Å². The summed E-state index contributed by atoms with van der Waals surface area (Å²) in [4.78, 5) is 34.7. The molecule has 17 heavy (non-hydrogen) atoms. The molecule has 6 nitrogen and oxygen atoms in total. The zero-order valence-electron chi connectivity index (χ0n) is 9.46. The molecule has 1 aliphatic heterocycles. The number of likely N-dealkylation sites (N-methyl/N-ethyl adjacent to an activating group) is 1. The second kappa shape index (κ2) is 6.24. The van der Waals surface area contributed by atoms with E-state index >= 15 is 0 Å². The van der Waals surface area contributed by atoms with Crippen LogP contribution in [0.25, 0.3) is 0 Å². The molecule has 94 valence electrons. The number of hydrogen-bond acceptors (Lipinski definition) is 3. The average molecular weight is 260 g/mol. The lowest BCUT2D eigenvalue weighted by molar-refractivity contribution is -0.127. The van der Waals surface area contributed by atoms with Gasteiger partial charge in [-0.25, -0.2) is 0 Å². The number of nitrogens with one attached hydrogen (secondary N) is 2. The Bertz CT molecular complexity index is 368. The maximum atomic E-state index is 11.4. The van der Waals surface area contributed by atoms with Crippen LogP contribution < -0.4 is 10.6 Å². The first-order valence-corrected chi connectivity index (χ1v) is 5.56. The molecule has 0 spiro atoms. The van der Waals surface area contributed by atoms with E-state index in [0.717, 1.165) is 6.42 Å². The minimum Gasteiger partial charge on any atom is -0.354 e. The lowest BCUT2D eigenvalue weighted by Crippen LogP contribution is -2.33. The van der Waals surface area contributed by atoms with Crippen LogP contribution in [0.15, 0.2) is 10.7 Å². The minimum atomic E-state index is -0.498. The number of rotatable bonds is 5. The van der Waals surface area contributed by atoms with Gasteiger partial charge in [0.15, 0.2) is 0 Å². The highest BCUT2D eigenvalue weighted by atomic mass is 35.5. The highest BCUT2D eigenvalue weighted by Gasteiger charge is 2.23. The van der Waals surface area contributed by atoms with Crippen molar-refractivity contribution < 1.29 is 14.4 Å². The van der Waals surface area contributed by atoms with Gasteiger partial charge in [-0.1, -0.05) is 11.6 Å². The summed E-state index contributed by atoms with van der Waals surface area (Å²) in [6.07, 6.45) is 1.71. The number of carbonyl (C=O) groups is 3. The molecule has 1 rings (SSSR count). The van der Waals surface area contributed by atoms with Crippen molar-refractivity contribution >= 4 is 29.8 Å². The van der Waals surface area contributed by atoms with Crippen LogP contribution in [-0.2, 0) is 14.4 Å². The van der Waals surface area contributed by atoms with Crippen molar-refractivity contribution in [1.82, 2.24) is 15.5 Å². The molecule has 0 bridgehead atoms. The number of carbonyl (C=O) groups excluding carboxylic acids is 3. The van der Waals surface area contributed by atoms with E-state index in [9.17, 15) is 14.4 Å². The first-order valence-electron chi connectivity index (χ1n) is 5.18. The van der Waals surface area contributed by atoms with Crippen molar-refractivity contribution in [2.24, 2.45) is 0 Å². The van der Waals surface area contributed by atoms with Gasteiger partial charge in [0.25, 0.3) is 5.91 Å². The van der Waals surface area contributed by atoms with Gasteiger partial charge in [0.1, 0.15) is 5.03 Å². The fourth-order valence-corrected chi connectivity index (χ4v) is 1.77. The van der Waals surface area contributed by atoms with Crippen molar-refractivity contribution in [1.29, 1.82) is 0 Å². The van der Waals surface area contributed by atoms with Gasteiger partial charge in [0.05, 0.1) is 12.2 Å². The Hall–Kier alpha value is -1.56. The van der Waals surface area contributed by atoms with Crippen LogP contribution in [0.4, 0.5) is 0 Å². The Morgan fingerprint density at radius 2 is 2.29 bits per heavy atom. The van der Waals surface area contributed by atoms with Crippen molar-refractivity contribution in [3.63, 3.8) is 0 Å². The van der Waals surface area contributed by atoms with Gasteiger partial charge in [0.2, 0.25) is 12.3 Å². The molecule has 1 aliphatic rings. The minimum absolute atomic E-state index is 0.00317. The third kappa shape index (κ3) is 3.45. The molecule has 1 fully saturated rings. The van der Waals surface area contributed by atoms with E-state index in [0.29, 0.717) is 19.4 Å². The van der Waals surface area contributed by atoms with E-state index in [1.54, 1.807) is 4.90 Å². The largest absolute Gasteiger partial charge is 0.354 e. The lowest BCUT2D eigenvalue weighted by Gasteiger charge is -2.18. The summed E-state index contributed by atoms with van der Waals surface area (Å²) in [5.41, 5.74) is 0.233. The Balaban J connectivity index is 2.81. The summed E-state index contributed by atoms with van der Waals surface area (Å²) in [5.74, 6) is -0.501. The Morgan fingerprint density at radius 3 is 2.76 bits per heavy atom. The molecule has 0 unspecified atom stereocenters. The molecule has 3 amide bonds. The average Bonchev–Trinajstić information content (AvgIpc) is 2.72. The van der Waals surface area contributed by atoms with Crippen LogP contribution in [0, 0.1) is 0 Å². The number of nitrogens with zero attached hydrogens (tertiary/aromatic N) is 1. The molecular formula is C10H14ClN3O3. The Labute approximate surface area is 104 Å². The molecule has 0 atom stereocenters. The summed E-state index contributed by atoms with van der Waals surface area (Å²) in [6, 6.07) is 0. The maximum absolute atomic E-state index is 11.4. The second-order valence-electron chi connectivity index (χ2n) is 3.55. The van der Waals surface area contributed by atoms with E-state index in [4.69, 9.17) is 11.6 Å². The quantitative estimate of drug-likeness (QED) is 0.519. The van der Waals surface area contributed by atoms with Gasteiger partial charge in [0, 0.05) is 20.0 Å². The molecule has 0 aromatic carbocycles. The van der Waals surface area contributed by atoms with Crippen molar-refractivity contribution in [3.05, 3.63) is 10.7 Å². The van der Waals surface area contributed by atoms with Crippen LogP contribution in [0.1, 0.15) is 12.8 Å². The summed E-state index contributed by atoms with van der Waals surface area (Å²) in [6.45, 7) is 0.755. The summed E-state index contributed by atoms with van der Waals surface area (Å²) < 4.78 is 0. The van der Waals surface area contributed by atoms with Gasteiger partial charge in [-0.3, -0.25) is 14.4 Å². The van der Waals surface area contributed by atoms with E-state index < -0.39 is 5.91 Å². The fraction of sp³-hybridized carbons (Fsp3) is 0.500. The van der Waals surface area contributed by atoms with E-state index in [-0.39, 0.29) is 23.2 Å². The summed E-state index contributed by atoms with van der Waals surface area (Å²) >= 11 is 5.81. The first-order chi connectivity index (χ1) is 8.10. The Morgan fingerprint density at radius 1 is 1.59 bits per heavy atom. The number of amides is 3. The van der Waals surface area contributed by atoms with Crippen LogP contribution in [0.2, 0.25) is 0 Å². The number of hydrogen-bond donors (Lipinski definition) is 2. The monoisotopic (exact) mass is 259 g/mol. The molecule has 1 heterocycles. The molecule has 0 radical (unpaired) electrons. The predicted molar refractivity (Wildman–Crippen MR) is 62.0 cm³/mol. The SMILES string of the molecule is CNC(=O)/C(Cl)=C(/CN1CCCC1=O)NC=O. The summed E-state index contributed by atoms with van der Waals surface area (Å²) in [5, 5.41) is 4.60. The van der Waals surface area contributed by atoms with Crippen LogP contribution in [0.5, 0.6) is 0 Å². The van der Waals surface area contributed by atoms with E-state index in [2.05, 4.69) is 10.6 Å². The van der Waals surface area contributed by atoms with Gasteiger partial charge < -0.3 is 15.5 Å². The van der Waals surface area contributed by atoms with Gasteiger partial charge in [-0.2, -0.15) is 0 Å². The third-order valence-corrected chi connectivity index (χ3v) is 2.84. The van der Waals surface area contributed by atoms with Crippen LogP contribution in [-0.4, -0.2) is 43.3 Å². The highest BCUT2D eigenvalue weighted by Crippen LogP contribution is 2.14. The zero-order valence-corrected chi connectivity index (χ0v) is 10.2. The molecule has 7 heteroatoms. The fourth-order valence-electron chi connectivity index (χ4n) is 1.56. The van der Waals surface area contributed by atoms with Gasteiger partial charge in [-0.15, -0.1) is 0 Å². The normalized spacial score (nSPS) is 16.6. The molecule has 0 saturated carbocycles. The predicted octanol–water partition coefficient (Wildman–Crippen LogP) is -0.449. The zero-order chi connectivity index (χ0) is 12.8. The highest BCUT2D eigenvalue weighted by molar-refractivity contribution is 6.42.